The zero-order valence-corrected chi connectivity index (χ0v) is 11.4. The van der Waals surface area contributed by atoms with Crippen LogP contribution >= 0.6 is 11.6 Å². The van der Waals surface area contributed by atoms with Gasteiger partial charge in [-0.15, -0.1) is 0 Å². The second-order valence-corrected chi connectivity index (χ2v) is 4.01. The van der Waals surface area contributed by atoms with Gasteiger partial charge in [0.05, 0.1) is 13.4 Å². The van der Waals surface area contributed by atoms with Crippen LogP contribution in [0.25, 0.3) is 11.2 Å². The predicted octanol–water partition coefficient (Wildman–Crippen LogP) is 0.886. The number of aromatic amines is 1. The standard InChI is InChI=1S/C10H15ClN6O2/c1-18-6-17(19-2)4-3-12-8-7-9(14-5-13-7)16-10(11)15-8/h5H,3-4,6H2,1-2H3,(H2,12,13,14,15,16). The molecule has 0 aliphatic carbocycles. The summed E-state index contributed by atoms with van der Waals surface area (Å²) >= 11 is 5.83. The molecule has 0 atom stereocenters. The Morgan fingerprint density at radius 1 is 1.42 bits per heavy atom. The van der Waals surface area contributed by atoms with Gasteiger partial charge < -0.3 is 15.0 Å². The van der Waals surface area contributed by atoms with E-state index < -0.39 is 0 Å². The minimum atomic E-state index is 0.166. The number of anilines is 1. The molecule has 0 amide bonds. The van der Waals surface area contributed by atoms with Crippen LogP contribution in [0.5, 0.6) is 0 Å². The predicted molar refractivity (Wildman–Crippen MR) is 70.8 cm³/mol. The Bertz CT molecular complexity index is 534. The van der Waals surface area contributed by atoms with E-state index in [2.05, 4.69) is 25.3 Å². The summed E-state index contributed by atoms with van der Waals surface area (Å²) in [5.74, 6) is 0.588. The molecule has 0 saturated heterocycles. The van der Waals surface area contributed by atoms with Crippen molar-refractivity contribution < 1.29 is 9.57 Å². The molecule has 0 aliphatic heterocycles. The van der Waals surface area contributed by atoms with Crippen molar-refractivity contribution in [3.05, 3.63) is 11.6 Å². The number of methoxy groups -OCH3 is 1. The maximum absolute atomic E-state index is 5.83. The van der Waals surface area contributed by atoms with Gasteiger partial charge >= 0.3 is 0 Å². The van der Waals surface area contributed by atoms with Gasteiger partial charge in [-0.3, -0.25) is 4.84 Å². The molecule has 0 radical (unpaired) electrons. The number of hydrogen-bond donors (Lipinski definition) is 2. The molecule has 0 fully saturated rings. The molecule has 0 aromatic carbocycles. The summed E-state index contributed by atoms with van der Waals surface area (Å²) in [6.45, 7) is 1.62. The molecule has 0 bridgehead atoms. The van der Waals surface area contributed by atoms with Gasteiger partial charge in [-0.05, 0) is 11.6 Å². The molecule has 0 unspecified atom stereocenters. The quantitative estimate of drug-likeness (QED) is 0.444. The molecular weight excluding hydrogens is 272 g/mol. The molecule has 2 aromatic heterocycles. The van der Waals surface area contributed by atoms with Crippen molar-refractivity contribution >= 4 is 28.6 Å². The molecule has 0 spiro atoms. The summed E-state index contributed by atoms with van der Waals surface area (Å²) in [5, 5.41) is 4.97. The number of ether oxygens (including phenoxy) is 1. The first kappa shape index (κ1) is 13.9. The average molecular weight is 287 g/mol. The molecule has 19 heavy (non-hydrogen) atoms. The molecule has 2 aromatic rings. The van der Waals surface area contributed by atoms with E-state index in [9.17, 15) is 0 Å². The van der Waals surface area contributed by atoms with Crippen LogP contribution in [-0.4, -0.2) is 59.0 Å². The van der Waals surface area contributed by atoms with Crippen LogP contribution in [0.15, 0.2) is 6.33 Å². The Hall–Kier alpha value is -1.48. The van der Waals surface area contributed by atoms with E-state index in [1.165, 1.54) is 0 Å². The Morgan fingerprint density at radius 3 is 3.00 bits per heavy atom. The number of nitrogens with zero attached hydrogens (tertiary/aromatic N) is 4. The van der Waals surface area contributed by atoms with Crippen molar-refractivity contribution in [2.24, 2.45) is 0 Å². The van der Waals surface area contributed by atoms with E-state index in [4.69, 9.17) is 21.2 Å². The summed E-state index contributed by atoms with van der Waals surface area (Å²) < 4.78 is 4.98. The van der Waals surface area contributed by atoms with Crippen LogP contribution in [0, 0.1) is 0 Å². The van der Waals surface area contributed by atoms with Crippen LogP contribution < -0.4 is 5.32 Å². The number of aromatic nitrogens is 4. The monoisotopic (exact) mass is 286 g/mol. The summed E-state index contributed by atoms with van der Waals surface area (Å²) in [6.07, 6.45) is 1.55. The highest BCUT2D eigenvalue weighted by atomic mass is 35.5. The van der Waals surface area contributed by atoms with Gasteiger partial charge in [0.25, 0.3) is 0 Å². The first-order valence-corrected chi connectivity index (χ1v) is 6.01. The fourth-order valence-corrected chi connectivity index (χ4v) is 1.75. The van der Waals surface area contributed by atoms with Gasteiger partial charge in [-0.25, -0.2) is 4.98 Å². The van der Waals surface area contributed by atoms with E-state index in [-0.39, 0.29) is 5.28 Å². The lowest BCUT2D eigenvalue weighted by Crippen LogP contribution is -2.30. The number of imidazole rings is 1. The number of H-pyrrole nitrogens is 1. The second-order valence-electron chi connectivity index (χ2n) is 3.67. The number of nitrogens with one attached hydrogen (secondary N) is 2. The van der Waals surface area contributed by atoms with Gasteiger partial charge in [-0.1, -0.05) is 0 Å². The van der Waals surface area contributed by atoms with Crippen molar-refractivity contribution in [1.82, 2.24) is 25.0 Å². The Labute approximate surface area is 115 Å². The highest BCUT2D eigenvalue weighted by Crippen LogP contribution is 2.18. The number of halogens is 1. The highest BCUT2D eigenvalue weighted by molar-refractivity contribution is 6.28. The van der Waals surface area contributed by atoms with Crippen molar-refractivity contribution in [2.45, 2.75) is 0 Å². The zero-order valence-electron chi connectivity index (χ0n) is 10.7. The van der Waals surface area contributed by atoms with Crippen LogP contribution in [0.4, 0.5) is 5.82 Å². The third-order valence-electron chi connectivity index (χ3n) is 2.44. The number of rotatable bonds is 7. The van der Waals surface area contributed by atoms with Crippen molar-refractivity contribution in [3.8, 4) is 0 Å². The van der Waals surface area contributed by atoms with Gasteiger partial charge in [-0.2, -0.15) is 15.0 Å². The topological polar surface area (TPSA) is 88.2 Å². The fourth-order valence-electron chi connectivity index (χ4n) is 1.58. The maximum Gasteiger partial charge on any atom is 0.226 e. The molecular formula is C10H15ClN6O2. The van der Waals surface area contributed by atoms with Gasteiger partial charge in [0, 0.05) is 20.2 Å². The lowest BCUT2D eigenvalue weighted by molar-refractivity contribution is -0.178. The van der Waals surface area contributed by atoms with Gasteiger partial charge in [0.2, 0.25) is 5.28 Å². The smallest absolute Gasteiger partial charge is 0.226 e. The Morgan fingerprint density at radius 2 is 2.26 bits per heavy atom. The van der Waals surface area contributed by atoms with Crippen molar-refractivity contribution in [3.63, 3.8) is 0 Å². The zero-order chi connectivity index (χ0) is 13.7. The molecule has 0 aliphatic rings. The third kappa shape index (κ3) is 3.51. The van der Waals surface area contributed by atoms with E-state index >= 15 is 0 Å². The highest BCUT2D eigenvalue weighted by Gasteiger charge is 2.09. The summed E-state index contributed by atoms with van der Waals surface area (Å²) in [5.41, 5.74) is 1.25. The Balaban J connectivity index is 1.99. The molecule has 9 heteroatoms. The number of fused-ring (bicyclic) bond motifs is 1. The summed E-state index contributed by atoms with van der Waals surface area (Å²) in [7, 11) is 3.20. The van der Waals surface area contributed by atoms with Crippen molar-refractivity contribution in [2.75, 3.05) is 39.4 Å². The molecule has 2 rings (SSSR count). The van der Waals surface area contributed by atoms with Crippen LogP contribution in [0.1, 0.15) is 0 Å². The summed E-state index contributed by atoms with van der Waals surface area (Å²) in [6, 6.07) is 0. The van der Waals surface area contributed by atoms with E-state index in [0.29, 0.717) is 36.8 Å². The second kappa shape index (κ2) is 6.62. The molecule has 104 valence electrons. The maximum atomic E-state index is 5.83. The lowest BCUT2D eigenvalue weighted by Gasteiger charge is -2.18. The van der Waals surface area contributed by atoms with Crippen LogP contribution in [-0.2, 0) is 9.57 Å². The average Bonchev–Trinajstić information content (AvgIpc) is 2.85. The molecule has 2 heterocycles. The minimum Gasteiger partial charge on any atom is -0.367 e. The first-order chi connectivity index (χ1) is 9.24. The fraction of sp³-hybridized carbons (Fsp3) is 0.500. The van der Waals surface area contributed by atoms with Gasteiger partial charge in [0.1, 0.15) is 12.2 Å². The normalized spacial score (nSPS) is 11.4. The van der Waals surface area contributed by atoms with Gasteiger partial charge in [0.15, 0.2) is 11.5 Å². The molecule has 0 saturated carbocycles. The van der Waals surface area contributed by atoms with E-state index in [1.54, 1.807) is 25.6 Å². The first-order valence-electron chi connectivity index (χ1n) is 5.63. The van der Waals surface area contributed by atoms with Crippen molar-refractivity contribution in [1.29, 1.82) is 0 Å². The largest absolute Gasteiger partial charge is 0.367 e. The summed E-state index contributed by atoms with van der Waals surface area (Å²) in [4.78, 5) is 20.3. The number of hydrogen-bond acceptors (Lipinski definition) is 7. The van der Waals surface area contributed by atoms with Crippen LogP contribution in [0.3, 0.4) is 0 Å². The molecule has 2 N–H and O–H groups in total. The number of hydroxylamine groups is 2. The molecule has 8 nitrogen and oxygen atoms in total. The minimum absolute atomic E-state index is 0.166. The van der Waals surface area contributed by atoms with Crippen LogP contribution in [0.2, 0.25) is 5.28 Å². The van der Waals surface area contributed by atoms with E-state index in [1.807, 2.05) is 0 Å². The van der Waals surface area contributed by atoms with E-state index in [0.717, 1.165) is 0 Å². The SMILES string of the molecule is COCN(CCNc1nc(Cl)nc2[nH]cnc12)OC. The lowest BCUT2D eigenvalue weighted by atomic mass is 10.4. The Kier molecular flexibility index (Phi) is 4.86. The third-order valence-corrected chi connectivity index (χ3v) is 2.61.